The van der Waals surface area contributed by atoms with E-state index in [9.17, 15) is 34.5 Å². The Balaban J connectivity index is 1.92. The molecule has 1 aliphatic heterocycles. The van der Waals surface area contributed by atoms with Gasteiger partial charge in [0.25, 0.3) is 5.91 Å². The van der Waals surface area contributed by atoms with E-state index in [4.69, 9.17) is 19.9 Å². The van der Waals surface area contributed by atoms with Gasteiger partial charge in [-0.3, -0.25) is 14.4 Å². The molecule has 14 heteroatoms. The summed E-state index contributed by atoms with van der Waals surface area (Å²) in [7, 11) is 4.82. The normalized spacial score (nSPS) is 27.6. The van der Waals surface area contributed by atoms with Crippen molar-refractivity contribution in [3.8, 4) is 11.5 Å². The van der Waals surface area contributed by atoms with Crippen LogP contribution in [0.1, 0.15) is 46.1 Å². The maximum absolute atomic E-state index is 14.0. The zero-order valence-corrected chi connectivity index (χ0v) is 31.5. The molecule has 3 rings (SSSR count). The number of primary amides is 1. The third-order valence-corrected chi connectivity index (χ3v) is 9.41. The fraction of sp³-hybridized carbons (Fsp3) is 0.487. The molecule has 2 amide bonds. The number of benzene rings is 1. The zero-order valence-electron chi connectivity index (χ0n) is 31.5. The lowest BCUT2D eigenvalue weighted by molar-refractivity contribution is -0.120. The van der Waals surface area contributed by atoms with Crippen molar-refractivity contribution in [3.63, 3.8) is 0 Å². The number of methoxy groups -OCH3 is 2. The molecule has 0 saturated carbocycles. The molecule has 53 heavy (non-hydrogen) atoms. The topological polar surface area (TPSA) is 210 Å². The predicted molar refractivity (Wildman–Crippen MR) is 199 cm³/mol. The second-order valence-corrected chi connectivity index (χ2v) is 13.7. The molecule has 1 aromatic rings. The molecule has 0 radical (unpaired) electrons. The first-order valence-corrected chi connectivity index (χ1v) is 17.6. The van der Waals surface area contributed by atoms with Gasteiger partial charge in [-0.15, -0.1) is 0 Å². The molecule has 0 fully saturated rings. The number of aliphatic hydroxyl groups is 1. The van der Waals surface area contributed by atoms with Gasteiger partial charge in [-0.05, 0) is 69.3 Å². The Morgan fingerprint density at radius 3 is 2.43 bits per heavy atom. The van der Waals surface area contributed by atoms with Crippen LogP contribution in [0.15, 0.2) is 76.7 Å². The van der Waals surface area contributed by atoms with E-state index >= 15 is 0 Å². The summed E-state index contributed by atoms with van der Waals surface area (Å²) in [5.41, 5.74) is 7.23. The zero-order chi connectivity index (χ0) is 39.4. The predicted octanol–water partition coefficient (Wildman–Crippen LogP) is 2.94. The Hall–Kier alpha value is -4.76. The monoisotopic (exact) mass is 738 g/mol. The van der Waals surface area contributed by atoms with Crippen molar-refractivity contribution >= 4 is 23.6 Å². The van der Waals surface area contributed by atoms with E-state index < -0.39 is 53.9 Å². The van der Waals surface area contributed by atoms with Gasteiger partial charge in [-0.1, -0.05) is 44.2 Å². The average Bonchev–Trinajstić information content (AvgIpc) is 3.10. The third kappa shape index (κ3) is 12.1. The van der Waals surface area contributed by atoms with Crippen LogP contribution in [0.3, 0.4) is 0 Å². The second kappa shape index (κ2) is 19.9. The molecule has 0 aromatic heterocycles. The number of hydrogen-bond acceptors (Lipinski definition) is 12. The maximum atomic E-state index is 14.0. The molecule has 1 aromatic carbocycles. The number of Topliss-reactive ketones (excluding diaryl/α,β-unsaturated/α-hetero) is 1. The fourth-order valence-corrected chi connectivity index (χ4v) is 6.31. The third-order valence-electron chi connectivity index (χ3n) is 9.41. The highest BCUT2D eigenvalue weighted by molar-refractivity contribution is 6.23. The minimum absolute atomic E-state index is 0.144. The number of aliphatic hydroxyl groups excluding tert-OH is 1. The SMILES string of the molecule is CO[C@H]1/C=C\C=C(/C)C(=O)NC2=CC(=O)C(NCCN(C)CCc3ccc(O)c(O)c3)=C(C[C@@H](C)C[C@H](OC)[C@H](O)[C@@H](C)/C=C(\C)[C@@H]1OC(N)=O)C2=O. The highest BCUT2D eigenvalue weighted by Crippen LogP contribution is 2.29. The van der Waals surface area contributed by atoms with E-state index in [0.29, 0.717) is 38.0 Å². The molecule has 1 heterocycles. The Morgan fingerprint density at radius 1 is 1.08 bits per heavy atom. The Morgan fingerprint density at radius 2 is 1.79 bits per heavy atom. The van der Waals surface area contributed by atoms with Gasteiger partial charge in [-0.25, -0.2) is 4.79 Å². The van der Waals surface area contributed by atoms with E-state index in [1.807, 2.05) is 18.9 Å². The van der Waals surface area contributed by atoms with Gasteiger partial charge in [0, 0.05) is 57.0 Å². The summed E-state index contributed by atoms with van der Waals surface area (Å²) in [4.78, 5) is 54.6. The number of hydrogen-bond donors (Lipinski definition) is 6. The first-order chi connectivity index (χ1) is 25.1. The minimum atomic E-state index is -1.01. The number of nitrogens with one attached hydrogen (secondary N) is 2. The molecule has 290 valence electrons. The van der Waals surface area contributed by atoms with Crippen LogP contribution in [-0.4, -0.2) is 109 Å². The number of ether oxygens (including phenoxy) is 3. The van der Waals surface area contributed by atoms with E-state index in [0.717, 1.165) is 11.6 Å². The van der Waals surface area contributed by atoms with Gasteiger partial charge in [0.2, 0.25) is 11.6 Å². The van der Waals surface area contributed by atoms with Crippen LogP contribution in [0.25, 0.3) is 0 Å². The Kier molecular flexibility index (Phi) is 16.0. The molecule has 14 nitrogen and oxygen atoms in total. The number of carbonyl (C=O) groups is 4. The molecule has 1 aliphatic carbocycles. The van der Waals surface area contributed by atoms with Crippen molar-refractivity contribution in [1.82, 2.24) is 15.5 Å². The van der Waals surface area contributed by atoms with Gasteiger partial charge >= 0.3 is 6.09 Å². The van der Waals surface area contributed by atoms with Crippen molar-refractivity contribution in [2.24, 2.45) is 17.6 Å². The molecule has 2 aliphatic rings. The van der Waals surface area contributed by atoms with Crippen LogP contribution in [0.5, 0.6) is 11.5 Å². The number of aromatic hydroxyl groups is 2. The second-order valence-electron chi connectivity index (χ2n) is 13.7. The molecule has 6 atom stereocenters. The van der Waals surface area contributed by atoms with Gasteiger partial charge < -0.3 is 50.8 Å². The van der Waals surface area contributed by atoms with Crippen LogP contribution in [0.2, 0.25) is 0 Å². The van der Waals surface area contributed by atoms with Gasteiger partial charge in [0.15, 0.2) is 17.6 Å². The van der Waals surface area contributed by atoms with Gasteiger partial charge in [-0.2, -0.15) is 0 Å². The molecular formula is C39H54N4O10. The van der Waals surface area contributed by atoms with Crippen molar-refractivity contribution in [2.45, 2.75) is 71.4 Å². The Labute approximate surface area is 311 Å². The standard InChI is InChI=1S/C39H54N4O10/c1-22-17-27-34(41-14-16-43(5)15-13-26-11-12-29(44)30(45)20-26)31(46)21-28(36(27)48)42-38(49)23(2)9-8-10-32(51-6)37(53-39(40)50)25(4)19-24(3)35(47)33(18-22)52-7/h8-12,19-22,24,32-33,35,37,41,44-45,47H,13-18H2,1-7H3,(H2,40,50)(H,42,49)/b10-8-,23-9+,25-19+/t22-,24+,32+,33+,35-,37+/m1/s1. The molecule has 0 spiro atoms. The largest absolute Gasteiger partial charge is 0.504 e. The number of fused-ring (bicyclic) bond motifs is 2. The van der Waals surface area contributed by atoms with E-state index in [-0.39, 0.29) is 46.4 Å². The van der Waals surface area contributed by atoms with Crippen LogP contribution < -0.4 is 16.4 Å². The first-order valence-electron chi connectivity index (χ1n) is 17.6. The van der Waals surface area contributed by atoms with Crippen LogP contribution in [0, 0.1) is 11.8 Å². The quantitative estimate of drug-likeness (QED) is 0.116. The number of nitrogens with two attached hydrogens (primary N) is 1. The summed E-state index contributed by atoms with van der Waals surface area (Å²) in [5.74, 6) is -2.66. The summed E-state index contributed by atoms with van der Waals surface area (Å²) in [6.07, 6.45) is 4.16. The van der Waals surface area contributed by atoms with Crippen molar-refractivity contribution < 1.29 is 48.7 Å². The van der Waals surface area contributed by atoms with Crippen LogP contribution >= 0.6 is 0 Å². The first kappa shape index (κ1) is 42.7. The Bertz CT molecular complexity index is 1660. The number of allylic oxidation sites excluding steroid dienone is 4. The van der Waals surface area contributed by atoms with E-state index in [1.165, 1.54) is 32.4 Å². The number of rotatable bonds is 10. The van der Waals surface area contributed by atoms with E-state index in [1.54, 1.807) is 45.1 Å². The lowest BCUT2D eigenvalue weighted by Crippen LogP contribution is -2.39. The molecule has 7 N–H and O–H groups in total. The highest BCUT2D eigenvalue weighted by atomic mass is 16.6. The van der Waals surface area contributed by atoms with Gasteiger partial charge in [0.05, 0.1) is 23.6 Å². The van der Waals surface area contributed by atoms with Gasteiger partial charge in [0.1, 0.15) is 6.10 Å². The summed E-state index contributed by atoms with van der Waals surface area (Å²) >= 11 is 0. The summed E-state index contributed by atoms with van der Waals surface area (Å²) < 4.78 is 16.7. The molecule has 2 bridgehead atoms. The summed E-state index contributed by atoms with van der Waals surface area (Å²) in [6.45, 7) is 8.43. The van der Waals surface area contributed by atoms with E-state index in [2.05, 4.69) is 10.6 Å². The summed E-state index contributed by atoms with van der Waals surface area (Å²) in [6, 6.07) is 4.68. The lowest BCUT2D eigenvalue weighted by atomic mass is 9.85. The number of phenolic OH excluding ortho intramolecular Hbond substituents is 2. The fourth-order valence-electron chi connectivity index (χ4n) is 6.31. The maximum Gasteiger partial charge on any atom is 0.405 e. The molecule has 0 unspecified atom stereocenters. The van der Waals surface area contributed by atoms with Crippen LogP contribution in [0.4, 0.5) is 4.79 Å². The summed E-state index contributed by atoms with van der Waals surface area (Å²) in [5, 5.41) is 36.5. The minimum Gasteiger partial charge on any atom is -0.504 e. The number of amides is 2. The average molecular weight is 739 g/mol. The van der Waals surface area contributed by atoms with Crippen molar-refractivity contribution in [2.75, 3.05) is 40.9 Å². The lowest BCUT2D eigenvalue weighted by Gasteiger charge is -2.30. The van der Waals surface area contributed by atoms with Crippen molar-refractivity contribution in [3.05, 3.63) is 82.3 Å². The molecular weight excluding hydrogens is 684 g/mol. The smallest absolute Gasteiger partial charge is 0.405 e. The highest BCUT2D eigenvalue weighted by Gasteiger charge is 2.33. The number of ketones is 2. The number of nitrogens with zero attached hydrogens (tertiary/aromatic N) is 1. The number of likely N-dealkylation sites (N-methyl/N-ethyl adjacent to an activating group) is 1. The van der Waals surface area contributed by atoms with Crippen LogP contribution in [-0.2, 0) is 35.0 Å². The number of phenols is 2. The van der Waals surface area contributed by atoms with Crippen molar-refractivity contribution in [1.29, 1.82) is 0 Å². The molecule has 0 saturated heterocycles. The number of carbonyl (C=O) groups excluding carboxylic acids is 4.